The standard InChI is InChI=1S/C7H6BrN3/c1-10-7-5(3-9)2-6(8)4-11-7/h2,4H,1H3,(H,10,11). The van der Waals surface area contributed by atoms with Crippen molar-refractivity contribution in [1.82, 2.24) is 4.98 Å². The van der Waals surface area contributed by atoms with Gasteiger partial charge in [-0.25, -0.2) is 4.98 Å². The van der Waals surface area contributed by atoms with Crippen molar-refractivity contribution in [2.45, 2.75) is 0 Å². The summed E-state index contributed by atoms with van der Waals surface area (Å²) in [4.78, 5) is 3.99. The molecule has 3 nitrogen and oxygen atoms in total. The van der Waals surface area contributed by atoms with Crippen molar-refractivity contribution in [3.8, 4) is 6.07 Å². The third-order valence-electron chi connectivity index (χ3n) is 1.21. The Morgan fingerprint density at radius 3 is 3.00 bits per heavy atom. The summed E-state index contributed by atoms with van der Waals surface area (Å²) in [5.41, 5.74) is 0.543. The quantitative estimate of drug-likeness (QED) is 0.771. The van der Waals surface area contributed by atoms with Crippen LogP contribution in [0, 0.1) is 11.3 Å². The maximum atomic E-state index is 8.62. The van der Waals surface area contributed by atoms with E-state index in [2.05, 4.69) is 26.2 Å². The Kier molecular flexibility index (Phi) is 2.44. The predicted molar refractivity (Wildman–Crippen MR) is 46.2 cm³/mol. The van der Waals surface area contributed by atoms with Crippen LogP contribution in [0.3, 0.4) is 0 Å². The Hall–Kier alpha value is -1.08. The molecule has 0 aliphatic heterocycles. The van der Waals surface area contributed by atoms with E-state index in [0.717, 1.165) is 4.47 Å². The molecule has 0 fully saturated rings. The van der Waals surface area contributed by atoms with Crippen molar-refractivity contribution in [3.05, 3.63) is 22.3 Å². The Balaban J connectivity index is 3.19. The van der Waals surface area contributed by atoms with Crippen LogP contribution in [-0.4, -0.2) is 12.0 Å². The van der Waals surface area contributed by atoms with E-state index in [0.29, 0.717) is 11.4 Å². The molecule has 1 N–H and O–H groups in total. The zero-order valence-corrected chi connectivity index (χ0v) is 7.51. The molecule has 1 rings (SSSR count). The molecule has 0 spiro atoms. The maximum absolute atomic E-state index is 8.62. The van der Waals surface area contributed by atoms with Gasteiger partial charge in [-0.3, -0.25) is 0 Å². The highest BCUT2D eigenvalue weighted by Gasteiger charge is 2.00. The van der Waals surface area contributed by atoms with E-state index in [1.54, 1.807) is 19.3 Å². The lowest BCUT2D eigenvalue weighted by molar-refractivity contribution is 1.25. The minimum absolute atomic E-state index is 0.543. The first kappa shape index (κ1) is 8.02. The highest BCUT2D eigenvalue weighted by Crippen LogP contribution is 2.15. The number of halogens is 1. The van der Waals surface area contributed by atoms with Crippen LogP contribution in [0.25, 0.3) is 0 Å². The maximum Gasteiger partial charge on any atom is 0.143 e. The molecule has 0 bridgehead atoms. The second-order valence-corrected chi connectivity index (χ2v) is 2.83. The molecular weight excluding hydrogens is 206 g/mol. The van der Waals surface area contributed by atoms with Crippen molar-refractivity contribution in [2.24, 2.45) is 0 Å². The van der Waals surface area contributed by atoms with Gasteiger partial charge in [0, 0.05) is 17.7 Å². The fourth-order valence-corrected chi connectivity index (χ4v) is 1.06. The van der Waals surface area contributed by atoms with Gasteiger partial charge < -0.3 is 5.32 Å². The van der Waals surface area contributed by atoms with Crippen molar-refractivity contribution in [2.75, 3.05) is 12.4 Å². The second-order valence-electron chi connectivity index (χ2n) is 1.91. The topological polar surface area (TPSA) is 48.7 Å². The average Bonchev–Trinajstić information content (AvgIpc) is 2.04. The number of aromatic nitrogens is 1. The number of pyridine rings is 1. The SMILES string of the molecule is CNc1ncc(Br)cc1C#N. The van der Waals surface area contributed by atoms with E-state index < -0.39 is 0 Å². The minimum atomic E-state index is 0.543. The zero-order valence-electron chi connectivity index (χ0n) is 5.93. The number of nitrogens with zero attached hydrogens (tertiary/aromatic N) is 2. The lowest BCUT2D eigenvalue weighted by Gasteiger charge is -2.00. The molecule has 0 aliphatic rings. The molecule has 0 saturated carbocycles. The number of hydrogen-bond acceptors (Lipinski definition) is 3. The average molecular weight is 212 g/mol. The van der Waals surface area contributed by atoms with Crippen molar-refractivity contribution >= 4 is 21.7 Å². The minimum Gasteiger partial charge on any atom is -0.372 e. The molecule has 1 aromatic rings. The first-order chi connectivity index (χ1) is 5.27. The van der Waals surface area contributed by atoms with E-state index in [-0.39, 0.29) is 0 Å². The Morgan fingerprint density at radius 2 is 2.45 bits per heavy atom. The van der Waals surface area contributed by atoms with Crippen LogP contribution in [0.2, 0.25) is 0 Å². The van der Waals surface area contributed by atoms with Gasteiger partial charge in [-0.05, 0) is 22.0 Å². The molecule has 0 aliphatic carbocycles. The molecule has 0 aromatic carbocycles. The molecule has 1 heterocycles. The Bertz CT molecular complexity index is 303. The van der Waals surface area contributed by atoms with Gasteiger partial charge in [0.25, 0.3) is 0 Å². The molecular formula is C7H6BrN3. The summed E-state index contributed by atoms with van der Waals surface area (Å²) < 4.78 is 0.813. The van der Waals surface area contributed by atoms with Gasteiger partial charge in [0.2, 0.25) is 0 Å². The van der Waals surface area contributed by atoms with E-state index in [9.17, 15) is 0 Å². The lowest BCUT2D eigenvalue weighted by Crippen LogP contribution is -1.95. The van der Waals surface area contributed by atoms with Crippen LogP contribution in [0.5, 0.6) is 0 Å². The van der Waals surface area contributed by atoms with E-state index >= 15 is 0 Å². The second kappa shape index (κ2) is 3.35. The van der Waals surface area contributed by atoms with Crippen LogP contribution < -0.4 is 5.32 Å². The van der Waals surface area contributed by atoms with Gasteiger partial charge >= 0.3 is 0 Å². The summed E-state index contributed by atoms with van der Waals surface area (Å²) in [6.45, 7) is 0. The summed E-state index contributed by atoms with van der Waals surface area (Å²) >= 11 is 3.22. The third-order valence-corrected chi connectivity index (χ3v) is 1.65. The molecule has 0 atom stereocenters. The highest BCUT2D eigenvalue weighted by molar-refractivity contribution is 9.10. The van der Waals surface area contributed by atoms with Crippen LogP contribution in [0.1, 0.15) is 5.56 Å². The van der Waals surface area contributed by atoms with Crippen LogP contribution in [0.15, 0.2) is 16.7 Å². The van der Waals surface area contributed by atoms with Gasteiger partial charge in [0.15, 0.2) is 0 Å². The zero-order chi connectivity index (χ0) is 8.27. The number of hydrogen-bond donors (Lipinski definition) is 1. The molecule has 0 unspecified atom stereocenters. The summed E-state index contributed by atoms with van der Waals surface area (Å²) in [5, 5.41) is 11.4. The van der Waals surface area contributed by atoms with Crippen LogP contribution in [0.4, 0.5) is 5.82 Å². The molecule has 0 radical (unpaired) electrons. The molecule has 1 aromatic heterocycles. The Labute approximate surface area is 73.2 Å². The van der Waals surface area contributed by atoms with Gasteiger partial charge in [-0.1, -0.05) is 0 Å². The van der Waals surface area contributed by atoms with E-state index in [1.165, 1.54) is 0 Å². The molecule has 0 saturated heterocycles. The fraction of sp³-hybridized carbons (Fsp3) is 0.143. The normalized spacial score (nSPS) is 8.82. The first-order valence-corrected chi connectivity index (χ1v) is 3.80. The summed E-state index contributed by atoms with van der Waals surface area (Å²) in [5.74, 6) is 0.607. The molecule has 11 heavy (non-hydrogen) atoms. The van der Waals surface area contributed by atoms with Gasteiger partial charge in [0.1, 0.15) is 11.9 Å². The monoisotopic (exact) mass is 211 g/mol. The first-order valence-electron chi connectivity index (χ1n) is 3.01. The number of nitrogens with one attached hydrogen (secondary N) is 1. The van der Waals surface area contributed by atoms with Gasteiger partial charge in [-0.2, -0.15) is 5.26 Å². The molecule has 56 valence electrons. The summed E-state index contributed by atoms with van der Waals surface area (Å²) in [6, 6.07) is 3.75. The van der Waals surface area contributed by atoms with Gasteiger partial charge in [-0.15, -0.1) is 0 Å². The molecule has 0 amide bonds. The summed E-state index contributed by atoms with van der Waals surface area (Å²) in [7, 11) is 1.73. The van der Waals surface area contributed by atoms with Crippen molar-refractivity contribution < 1.29 is 0 Å². The van der Waals surface area contributed by atoms with Crippen molar-refractivity contribution in [3.63, 3.8) is 0 Å². The predicted octanol–water partition coefficient (Wildman–Crippen LogP) is 1.76. The highest BCUT2D eigenvalue weighted by atomic mass is 79.9. The van der Waals surface area contributed by atoms with E-state index in [1.807, 2.05) is 6.07 Å². The van der Waals surface area contributed by atoms with Crippen LogP contribution in [-0.2, 0) is 0 Å². The summed E-state index contributed by atoms with van der Waals surface area (Å²) in [6.07, 6.45) is 1.65. The third kappa shape index (κ3) is 1.69. The van der Waals surface area contributed by atoms with Crippen LogP contribution >= 0.6 is 15.9 Å². The smallest absolute Gasteiger partial charge is 0.143 e. The fourth-order valence-electron chi connectivity index (χ4n) is 0.724. The van der Waals surface area contributed by atoms with E-state index in [4.69, 9.17) is 5.26 Å². The molecule has 4 heteroatoms. The number of anilines is 1. The number of nitriles is 1. The largest absolute Gasteiger partial charge is 0.372 e. The Morgan fingerprint density at radius 1 is 1.73 bits per heavy atom. The van der Waals surface area contributed by atoms with Crippen molar-refractivity contribution in [1.29, 1.82) is 5.26 Å². The lowest BCUT2D eigenvalue weighted by atomic mass is 10.3. The van der Waals surface area contributed by atoms with Gasteiger partial charge in [0.05, 0.1) is 5.56 Å². The number of rotatable bonds is 1.